The summed E-state index contributed by atoms with van der Waals surface area (Å²) in [6.07, 6.45) is 4.60. The van der Waals surface area contributed by atoms with E-state index in [1.54, 1.807) is 37.1 Å². The molecule has 10 nitrogen and oxygen atoms in total. The first kappa shape index (κ1) is 32.8. The molecule has 1 fully saturated rings. The van der Waals surface area contributed by atoms with Crippen LogP contribution >= 0.6 is 0 Å². The second-order valence-electron chi connectivity index (χ2n) is 12.8. The Kier molecular flexibility index (Phi) is 8.11. The lowest BCUT2D eigenvalue weighted by molar-refractivity contribution is -0.135. The normalized spacial score (nSPS) is 19.4. The maximum absolute atomic E-state index is 16.4. The zero-order chi connectivity index (χ0) is 34.8. The largest absolute Gasteiger partial charge is 0.507 e. The van der Waals surface area contributed by atoms with Gasteiger partial charge in [0.25, 0.3) is 11.5 Å². The van der Waals surface area contributed by atoms with Crippen LogP contribution in [0.5, 0.6) is 5.75 Å². The van der Waals surface area contributed by atoms with Crippen molar-refractivity contribution < 1.29 is 28.6 Å². The number of likely N-dealkylation sites (N-methyl/N-ethyl adjacent to an activating group) is 1. The van der Waals surface area contributed by atoms with Crippen LogP contribution in [0.1, 0.15) is 44.9 Å². The number of phenolic OH excluding ortho intramolecular Hbond substituents is 1. The number of aliphatic hydroxyl groups is 1. The fourth-order valence-corrected chi connectivity index (χ4v) is 7.13. The molecule has 2 aliphatic rings. The van der Waals surface area contributed by atoms with Gasteiger partial charge in [-0.05, 0) is 68.7 Å². The lowest BCUT2D eigenvalue weighted by atomic mass is 9.86. The van der Waals surface area contributed by atoms with Crippen LogP contribution in [-0.2, 0) is 9.59 Å². The molecule has 250 valence electrons. The van der Waals surface area contributed by atoms with E-state index in [1.807, 2.05) is 20.8 Å². The Bertz CT molecular complexity index is 2070. The maximum Gasteiger partial charge on any atom is 0.281 e. The number of halogens is 2. The number of piperazine rings is 1. The van der Waals surface area contributed by atoms with Gasteiger partial charge in [0, 0.05) is 36.8 Å². The summed E-state index contributed by atoms with van der Waals surface area (Å²) < 4.78 is 33.0. The number of rotatable bonds is 5. The standard InChI is InChI=1S/C36H37F2N5O5/c1-7-9-28(46)41-17-36(18-44)35(48)40(6)33-32(42(36)16-21(41)5)23-14-25(38)22(29-24(37)10-8-11-27(29)45)15-26(23)43(34(33)47)31-20(4)12-13-39-30(31)19(2)3/h7-15,19,21,44-45H,16-18H2,1-6H3/b9-7+. The summed E-state index contributed by atoms with van der Waals surface area (Å²) in [4.78, 5) is 51.2. The third-order valence-electron chi connectivity index (χ3n) is 9.49. The molecule has 4 heterocycles. The number of allylic oxidation sites excluding steroid dienone is 1. The van der Waals surface area contributed by atoms with Gasteiger partial charge in [0.1, 0.15) is 23.1 Å². The van der Waals surface area contributed by atoms with Crippen molar-refractivity contribution >= 4 is 34.1 Å². The average molecular weight is 658 g/mol. The van der Waals surface area contributed by atoms with Gasteiger partial charge < -0.3 is 24.9 Å². The number of anilines is 2. The van der Waals surface area contributed by atoms with E-state index in [9.17, 15) is 24.6 Å². The van der Waals surface area contributed by atoms with Crippen molar-refractivity contribution in [2.75, 3.05) is 36.5 Å². The number of hydrogen-bond donors (Lipinski definition) is 2. The maximum atomic E-state index is 16.4. The minimum atomic E-state index is -1.69. The molecule has 2 aliphatic heterocycles. The molecular weight excluding hydrogens is 620 g/mol. The van der Waals surface area contributed by atoms with E-state index in [0.29, 0.717) is 16.9 Å². The minimum absolute atomic E-state index is 0.0373. The van der Waals surface area contributed by atoms with E-state index in [1.165, 1.54) is 51.8 Å². The molecule has 12 heteroatoms. The Hall–Kier alpha value is -5.10. The summed E-state index contributed by atoms with van der Waals surface area (Å²) in [7, 11) is 1.42. The van der Waals surface area contributed by atoms with Gasteiger partial charge in [0.05, 0.1) is 41.3 Å². The number of pyridine rings is 2. The SMILES string of the molecule is C/C=C/C(=O)N1CC2(CO)C(=O)N(C)c3c(c4cc(F)c(-c5c(O)cccc5F)cc4n(-c4c(C)ccnc4C(C)C)c3=O)N2CC1C. The minimum Gasteiger partial charge on any atom is -0.507 e. The van der Waals surface area contributed by atoms with Crippen LogP contribution in [0.3, 0.4) is 0 Å². The first-order valence-corrected chi connectivity index (χ1v) is 15.7. The second-order valence-corrected chi connectivity index (χ2v) is 12.8. The molecule has 0 bridgehead atoms. The predicted octanol–water partition coefficient (Wildman–Crippen LogP) is 4.79. The number of nitrogens with zero attached hydrogens (tertiary/aromatic N) is 5. The third kappa shape index (κ3) is 4.68. The smallest absolute Gasteiger partial charge is 0.281 e. The number of hydrogen-bond acceptors (Lipinski definition) is 7. The van der Waals surface area contributed by atoms with E-state index in [2.05, 4.69) is 4.98 Å². The molecule has 0 spiro atoms. The summed E-state index contributed by atoms with van der Waals surface area (Å²) in [6, 6.07) is 7.41. The van der Waals surface area contributed by atoms with Crippen LogP contribution in [0.25, 0.3) is 27.7 Å². The van der Waals surface area contributed by atoms with Crippen molar-refractivity contribution in [3.8, 4) is 22.6 Å². The number of aryl methyl sites for hydroxylation is 1. The molecule has 2 amide bonds. The summed E-state index contributed by atoms with van der Waals surface area (Å²) in [5.41, 5.74) is -0.963. The summed E-state index contributed by atoms with van der Waals surface area (Å²) in [5, 5.41) is 21.8. The van der Waals surface area contributed by atoms with Crippen molar-refractivity contribution in [2.45, 2.75) is 52.1 Å². The molecule has 0 saturated carbocycles. The van der Waals surface area contributed by atoms with E-state index in [4.69, 9.17) is 0 Å². The number of amides is 2. The third-order valence-corrected chi connectivity index (χ3v) is 9.49. The van der Waals surface area contributed by atoms with Gasteiger partial charge in [-0.1, -0.05) is 26.0 Å². The zero-order valence-corrected chi connectivity index (χ0v) is 27.6. The summed E-state index contributed by atoms with van der Waals surface area (Å²) in [6.45, 7) is 8.28. The van der Waals surface area contributed by atoms with Crippen LogP contribution in [0.2, 0.25) is 0 Å². The molecule has 4 aromatic rings. The van der Waals surface area contributed by atoms with Gasteiger partial charge in [-0.2, -0.15) is 0 Å². The second kappa shape index (κ2) is 11.9. The van der Waals surface area contributed by atoms with E-state index in [0.717, 1.165) is 6.07 Å². The molecule has 2 N–H and O–H groups in total. The zero-order valence-electron chi connectivity index (χ0n) is 27.6. The number of carbonyl (C=O) groups is 2. The fourth-order valence-electron chi connectivity index (χ4n) is 7.13. The molecule has 2 aromatic heterocycles. The summed E-state index contributed by atoms with van der Waals surface area (Å²) >= 11 is 0. The molecule has 48 heavy (non-hydrogen) atoms. The van der Waals surface area contributed by atoms with Gasteiger partial charge in [0.2, 0.25) is 5.91 Å². The summed E-state index contributed by atoms with van der Waals surface area (Å²) in [5.74, 6) is -3.33. The number of carbonyl (C=O) groups excluding carboxylic acids is 2. The Balaban J connectivity index is 1.78. The Morgan fingerprint density at radius 2 is 1.85 bits per heavy atom. The first-order chi connectivity index (χ1) is 22.8. The number of aromatic nitrogens is 2. The van der Waals surface area contributed by atoms with Gasteiger partial charge in [-0.25, -0.2) is 8.78 Å². The number of fused-ring (bicyclic) bond motifs is 5. The first-order valence-electron chi connectivity index (χ1n) is 15.7. The van der Waals surface area contributed by atoms with Crippen LogP contribution in [-0.4, -0.2) is 74.8 Å². The fraction of sp³-hybridized carbons (Fsp3) is 0.333. The highest BCUT2D eigenvalue weighted by atomic mass is 19.1. The highest BCUT2D eigenvalue weighted by molar-refractivity contribution is 6.15. The number of aliphatic hydroxyl groups excluding tert-OH is 1. The molecule has 2 atom stereocenters. The molecule has 2 unspecified atom stereocenters. The predicted molar refractivity (Wildman–Crippen MR) is 180 cm³/mol. The number of aromatic hydroxyl groups is 1. The van der Waals surface area contributed by atoms with Gasteiger partial charge in [-0.3, -0.25) is 23.9 Å². The van der Waals surface area contributed by atoms with Gasteiger partial charge in [-0.15, -0.1) is 0 Å². The monoisotopic (exact) mass is 657 g/mol. The Labute approximate surface area is 276 Å². The highest BCUT2D eigenvalue weighted by Gasteiger charge is 2.56. The van der Waals surface area contributed by atoms with Gasteiger partial charge in [0.15, 0.2) is 5.54 Å². The molecular formula is C36H37F2N5O5. The molecule has 0 radical (unpaired) electrons. The highest BCUT2D eigenvalue weighted by Crippen LogP contribution is 2.47. The van der Waals surface area contributed by atoms with Crippen LogP contribution < -0.4 is 15.4 Å². The van der Waals surface area contributed by atoms with Crippen LogP contribution in [0.15, 0.2) is 59.5 Å². The number of benzene rings is 2. The Morgan fingerprint density at radius 1 is 1.12 bits per heavy atom. The van der Waals surface area contributed by atoms with E-state index < -0.39 is 47.0 Å². The van der Waals surface area contributed by atoms with Crippen molar-refractivity contribution in [3.05, 3.63) is 88.0 Å². The van der Waals surface area contributed by atoms with Crippen LogP contribution in [0.4, 0.5) is 20.2 Å². The van der Waals surface area contributed by atoms with Crippen molar-refractivity contribution in [1.82, 2.24) is 14.5 Å². The topological polar surface area (TPSA) is 119 Å². The molecule has 6 rings (SSSR count). The lowest BCUT2D eigenvalue weighted by Gasteiger charge is -2.56. The molecule has 2 aromatic carbocycles. The lowest BCUT2D eigenvalue weighted by Crippen LogP contribution is -2.75. The van der Waals surface area contributed by atoms with Gasteiger partial charge >= 0.3 is 0 Å². The van der Waals surface area contributed by atoms with E-state index in [-0.39, 0.29) is 58.3 Å². The van der Waals surface area contributed by atoms with E-state index >= 15 is 8.78 Å². The van der Waals surface area contributed by atoms with Crippen LogP contribution in [0, 0.1) is 18.6 Å². The van der Waals surface area contributed by atoms with Crippen molar-refractivity contribution in [3.63, 3.8) is 0 Å². The average Bonchev–Trinajstić information content (AvgIpc) is 3.04. The Morgan fingerprint density at radius 3 is 2.50 bits per heavy atom. The molecule has 1 saturated heterocycles. The van der Waals surface area contributed by atoms with Crippen molar-refractivity contribution in [1.29, 1.82) is 0 Å². The quantitative estimate of drug-likeness (QED) is 0.297. The van der Waals surface area contributed by atoms with Crippen molar-refractivity contribution in [2.24, 2.45) is 0 Å². The molecule has 0 aliphatic carbocycles. The number of phenols is 1.